The van der Waals surface area contributed by atoms with Gasteiger partial charge in [0.15, 0.2) is 0 Å². The predicted octanol–water partition coefficient (Wildman–Crippen LogP) is 1.13. The lowest BCUT2D eigenvalue weighted by Crippen LogP contribution is -2.48. The van der Waals surface area contributed by atoms with E-state index in [0.717, 1.165) is 42.2 Å². The van der Waals surface area contributed by atoms with Crippen LogP contribution < -0.4 is 16.2 Å². The number of nitrogens with one attached hydrogen (secondary N) is 3. The van der Waals surface area contributed by atoms with E-state index in [2.05, 4.69) is 16.2 Å². The molecule has 0 bridgehead atoms. The summed E-state index contributed by atoms with van der Waals surface area (Å²) in [6.07, 6.45) is 3.60. The van der Waals surface area contributed by atoms with Gasteiger partial charge in [-0.2, -0.15) is 4.31 Å². The van der Waals surface area contributed by atoms with E-state index >= 15 is 0 Å². The third-order valence-corrected chi connectivity index (χ3v) is 8.23. The van der Waals surface area contributed by atoms with E-state index in [1.165, 1.54) is 0 Å². The Morgan fingerprint density at radius 2 is 1.90 bits per heavy atom. The van der Waals surface area contributed by atoms with Gasteiger partial charge in [0.1, 0.15) is 16.5 Å². The highest BCUT2D eigenvalue weighted by atomic mass is 32.2. The van der Waals surface area contributed by atoms with Crippen LogP contribution in [-0.4, -0.2) is 50.3 Å². The maximum atomic E-state index is 13.9. The molecule has 1 saturated carbocycles. The third kappa shape index (κ3) is 4.30. The van der Waals surface area contributed by atoms with Crippen molar-refractivity contribution in [3.8, 4) is 0 Å². The minimum absolute atomic E-state index is 0.0404. The first-order valence-corrected chi connectivity index (χ1v) is 11.5. The summed E-state index contributed by atoms with van der Waals surface area (Å²) in [6.45, 7) is 1.13. The van der Waals surface area contributed by atoms with Crippen LogP contribution in [0.25, 0.3) is 0 Å². The van der Waals surface area contributed by atoms with Crippen LogP contribution in [-0.2, 0) is 14.8 Å². The Bertz CT molecular complexity index is 874. The summed E-state index contributed by atoms with van der Waals surface area (Å²) >= 11 is 0. The maximum absolute atomic E-state index is 13.9. The van der Waals surface area contributed by atoms with Crippen LogP contribution in [0.15, 0.2) is 23.1 Å². The van der Waals surface area contributed by atoms with Gasteiger partial charge in [-0.15, -0.1) is 0 Å². The van der Waals surface area contributed by atoms with Crippen molar-refractivity contribution in [2.75, 3.05) is 19.6 Å². The molecule has 7 nitrogen and oxygen atoms in total. The van der Waals surface area contributed by atoms with E-state index in [4.69, 9.17) is 0 Å². The highest BCUT2D eigenvalue weighted by Crippen LogP contribution is 2.29. The lowest BCUT2D eigenvalue weighted by atomic mass is 9.82. The second kappa shape index (κ2) is 8.25. The lowest BCUT2D eigenvalue weighted by Gasteiger charge is -2.34. The standard InChI is InChI=1S/C19H26F2N4O3S/c20-14-1-3-16(21)18(10-14)29(27,28)25-7-5-12(6-8-25)19(26)23-15-2-4-17-13(9-15)11-22-24-17/h1,3,10,12-13,15,17,22,24H,2,4-9,11H2,(H,23,26). The van der Waals surface area contributed by atoms with Gasteiger partial charge < -0.3 is 5.32 Å². The van der Waals surface area contributed by atoms with Gasteiger partial charge in [0.25, 0.3) is 0 Å². The highest BCUT2D eigenvalue weighted by Gasteiger charge is 2.37. The fraction of sp³-hybridized carbons (Fsp3) is 0.632. The molecule has 3 aliphatic rings. The second-order valence-corrected chi connectivity index (χ2v) is 10.1. The smallest absolute Gasteiger partial charge is 0.246 e. The summed E-state index contributed by atoms with van der Waals surface area (Å²) in [5.41, 5.74) is 6.43. The first-order valence-electron chi connectivity index (χ1n) is 10.1. The lowest BCUT2D eigenvalue weighted by molar-refractivity contribution is -0.127. The molecule has 0 spiro atoms. The minimum Gasteiger partial charge on any atom is -0.353 e. The Morgan fingerprint density at radius 3 is 2.66 bits per heavy atom. The van der Waals surface area contributed by atoms with Crippen LogP contribution >= 0.6 is 0 Å². The van der Waals surface area contributed by atoms with E-state index in [0.29, 0.717) is 30.9 Å². The first-order chi connectivity index (χ1) is 13.8. The molecule has 3 N–H and O–H groups in total. The largest absolute Gasteiger partial charge is 0.353 e. The van der Waals surface area contributed by atoms with E-state index in [1.54, 1.807) is 0 Å². The molecule has 2 saturated heterocycles. The van der Waals surface area contributed by atoms with Gasteiger partial charge in [-0.1, -0.05) is 0 Å². The molecule has 0 aromatic heterocycles. The molecule has 1 aromatic carbocycles. The Kier molecular flexibility index (Phi) is 5.87. The van der Waals surface area contributed by atoms with Crippen molar-refractivity contribution in [3.05, 3.63) is 29.8 Å². The third-order valence-electron chi connectivity index (χ3n) is 6.32. The van der Waals surface area contributed by atoms with E-state index in [9.17, 15) is 22.0 Å². The fourth-order valence-electron chi connectivity index (χ4n) is 4.62. The number of nitrogens with zero attached hydrogens (tertiary/aromatic N) is 1. The minimum atomic E-state index is -4.13. The van der Waals surface area contributed by atoms with Gasteiger partial charge in [-0.05, 0) is 56.2 Å². The molecule has 10 heteroatoms. The molecule has 1 aliphatic carbocycles. The van der Waals surface area contributed by atoms with Crippen molar-refractivity contribution in [1.29, 1.82) is 0 Å². The number of rotatable bonds is 4. The maximum Gasteiger partial charge on any atom is 0.246 e. The number of halogens is 2. The van der Waals surface area contributed by atoms with Gasteiger partial charge in [0, 0.05) is 37.6 Å². The van der Waals surface area contributed by atoms with Gasteiger partial charge in [0.2, 0.25) is 15.9 Å². The molecule has 160 valence electrons. The number of hydrogen-bond donors (Lipinski definition) is 3. The van der Waals surface area contributed by atoms with Crippen LogP contribution in [0.5, 0.6) is 0 Å². The SMILES string of the molecule is O=C(NC1CCC2NNCC2C1)C1CCN(S(=O)(=O)c2cc(F)ccc2F)CC1. The normalized spacial score (nSPS) is 28.8. The zero-order valence-electron chi connectivity index (χ0n) is 16.0. The van der Waals surface area contributed by atoms with Crippen LogP contribution in [0.4, 0.5) is 8.78 Å². The summed E-state index contributed by atoms with van der Waals surface area (Å²) in [5.74, 6) is -1.57. The molecule has 3 fully saturated rings. The average Bonchev–Trinajstić information content (AvgIpc) is 3.17. The molecule has 1 aromatic rings. The predicted molar refractivity (Wildman–Crippen MR) is 102 cm³/mol. The summed E-state index contributed by atoms with van der Waals surface area (Å²) < 4.78 is 53.8. The molecule has 3 atom stereocenters. The van der Waals surface area contributed by atoms with Crippen molar-refractivity contribution in [2.24, 2.45) is 11.8 Å². The molecule has 3 unspecified atom stereocenters. The van der Waals surface area contributed by atoms with E-state index in [-0.39, 0.29) is 31.0 Å². The fourth-order valence-corrected chi connectivity index (χ4v) is 6.17. The zero-order valence-corrected chi connectivity index (χ0v) is 16.9. The highest BCUT2D eigenvalue weighted by molar-refractivity contribution is 7.89. The molecular weight excluding hydrogens is 402 g/mol. The van der Waals surface area contributed by atoms with Crippen molar-refractivity contribution < 1.29 is 22.0 Å². The zero-order chi connectivity index (χ0) is 20.6. The molecule has 0 radical (unpaired) electrons. The number of sulfonamides is 1. The number of hydrogen-bond acceptors (Lipinski definition) is 5. The van der Waals surface area contributed by atoms with Crippen molar-refractivity contribution in [3.63, 3.8) is 0 Å². The Morgan fingerprint density at radius 1 is 1.14 bits per heavy atom. The quantitative estimate of drug-likeness (QED) is 0.669. The second-order valence-electron chi connectivity index (χ2n) is 8.16. The number of piperidine rings is 1. The topological polar surface area (TPSA) is 90.5 Å². The van der Waals surface area contributed by atoms with Crippen LogP contribution in [0.3, 0.4) is 0 Å². The number of benzene rings is 1. The van der Waals surface area contributed by atoms with E-state index < -0.39 is 26.6 Å². The summed E-state index contributed by atoms with van der Waals surface area (Å²) in [6, 6.07) is 3.02. The van der Waals surface area contributed by atoms with Crippen LogP contribution in [0.2, 0.25) is 0 Å². The van der Waals surface area contributed by atoms with Gasteiger partial charge in [-0.3, -0.25) is 15.6 Å². The summed E-state index contributed by atoms with van der Waals surface area (Å²) in [4.78, 5) is 12.0. The van der Waals surface area contributed by atoms with Crippen molar-refractivity contribution in [2.45, 2.75) is 49.1 Å². The number of carbonyl (C=O) groups is 1. The van der Waals surface area contributed by atoms with Crippen molar-refractivity contribution in [1.82, 2.24) is 20.5 Å². The van der Waals surface area contributed by atoms with Gasteiger partial charge in [0.05, 0.1) is 0 Å². The molecular formula is C19H26F2N4O3S. The Hall–Kier alpha value is -1.62. The number of amides is 1. The first kappa shape index (κ1) is 20.6. The summed E-state index contributed by atoms with van der Waals surface area (Å²) in [5, 5.41) is 3.13. The number of hydrazine groups is 1. The molecule has 2 aliphatic heterocycles. The number of carbonyl (C=O) groups excluding carboxylic acids is 1. The van der Waals surface area contributed by atoms with Crippen LogP contribution in [0.1, 0.15) is 32.1 Å². The molecule has 1 amide bonds. The molecule has 29 heavy (non-hydrogen) atoms. The Labute approximate surface area is 169 Å². The molecule has 2 heterocycles. The van der Waals surface area contributed by atoms with Gasteiger partial charge >= 0.3 is 0 Å². The molecule has 4 rings (SSSR count). The van der Waals surface area contributed by atoms with E-state index in [1.807, 2.05) is 0 Å². The average molecular weight is 429 g/mol. The van der Waals surface area contributed by atoms with Gasteiger partial charge in [-0.25, -0.2) is 17.2 Å². The van der Waals surface area contributed by atoms with Crippen molar-refractivity contribution >= 4 is 15.9 Å². The van der Waals surface area contributed by atoms with Crippen LogP contribution in [0, 0.1) is 23.5 Å². The number of fused-ring (bicyclic) bond motifs is 1. The Balaban J connectivity index is 1.33. The summed E-state index contributed by atoms with van der Waals surface area (Å²) in [7, 11) is -4.13. The monoisotopic (exact) mass is 428 g/mol.